The first-order chi connectivity index (χ1) is 14.0. The zero-order chi connectivity index (χ0) is 20.8. The van der Waals surface area contributed by atoms with Crippen LogP contribution in [0.1, 0.15) is 20.9 Å². The van der Waals surface area contributed by atoms with E-state index in [1.165, 1.54) is 18.4 Å². The molecule has 0 aliphatic carbocycles. The molecule has 0 radical (unpaired) electrons. The van der Waals surface area contributed by atoms with E-state index in [4.69, 9.17) is 9.47 Å². The Morgan fingerprint density at radius 1 is 1.07 bits per heavy atom. The van der Waals surface area contributed by atoms with E-state index >= 15 is 0 Å². The molecule has 1 atom stereocenters. The summed E-state index contributed by atoms with van der Waals surface area (Å²) in [5, 5.41) is 3.52. The summed E-state index contributed by atoms with van der Waals surface area (Å²) in [7, 11) is 2.92. The summed E-state index contributed by atoms with van der Waals surface area (Å²) in [6.07, 6.45) is 0.350. The van der Waals surface area contributed by atoms with Crippen LogP contribution in [0.2, 0.25) is 0 Å². The number of amides is 1. The van der Waals surface area contributed by atoms with Gasteiger partial charge in [0.05, 0.1) is 19.9 Å². The summed E-state index contributed by atoms with van der Waals surface area (Å²) in [6.45, 7) is 1.78. The molecule has 1 N–H and O–H groups in total. The predicted octanol–water partition coefficient (Wildman–Crippen LogP) is 3.64. The van der Waals surface area contributed by atoms with Gasteiger partial charge in [0, 0.05) is 12.0 Å². The Morgan fingerprint density at radius 2 is 1.76 bits per heavy atom. The monoisotopic (exact) mass is 410 g/mol. The Kier molecular flexibility index (Phi) is 6.61. The molecule has 0 bridgehead atoms. The standard InChI is InChI=1S/C22H22N2O4S/c1-14-19(29-21(23-14)16-9-11-17(27-2)12-10-16)20(25)24-18(22(26)28-3)13-15-7-5-4-6-8-15/h4-12,18H,13H2,1-3H3,(H,24,25)/t18-/m1/s1. The Hall–Kier alpha value is -3.19. The lowest BCUT2D eigenvalue weighted by Crippen LogP contribution is -2.43. The second-order valence-electron chi connectivity index (χ2n) is 6.40. The SMILES string of the molecule is COC(=O)[C@@H](Cc1ccccc1)NC(=O)c1sc(-c2ccc(OC)cc2)nc1C. The van der Waals surface area contributed by atoms with Crippen molar-refractivity contribution in [3.05, 3.63) is 70.7 Å². The van der Waals surface area contributed by atoms with Gasteiger partial charge in [-0.25, -0.2) is 9.78 Å². The molecule has 0 saturated carbocycles. The zero-order valence-corrected chi connectivity index (χ0v) is 17.3. The third kappa shape index (κ3) is 5.00. The number of nitrogens with zero attached hydrogens (tertiary/aromatic N) is 1. The second-order valence-corrected chi connectivity index (χ2v) is 7.40. The van der Waals surface area contributed by atoms with E-state index in [9.17, 15) is 9.59 Å². The quantitative estimate of drug-likeness (QED) is 0.602. The summed E-state index contributed by atoms with van der Waals surface area (Å²) >= 11 is 1.29. The number of nitrogens with one attached hydrogen (secondary N) is 1. The van der Waals surface area contributed by atoms with Gasteiger partial charge >= 0.3 is 5.97 Å². The van der Waals surface area contributed by atoms with Crippen molar-refractivity contribution in [3.63, 3.8) is 0 Å². The highest BCUT2D eigenvalue weighted by molar-refractivity contribution is 7.17. The van der Waals surface area contributed by atoms with Gasteiger partial charge in [0.2, 0.25) is 0 Å². The number of hydrogen-bond acceptors (Lipinski definition) is 6. The van der Waals surface area contributed by atoms with Crippen LogP contribution in [0.3, 0.4) is 0 Å². The molecular formula is C22H22N2O4S. The fraction of sp³-hybridized carbons (Fsp3) is 0.227. The summed E-state index contributed by atoms with van der Waals surface area (Å²) in [5.41, 5.74) is 2.44. The number of carbonyl (C=O) groups is 2. The third-order valence-corrected chi connectivity index (χ3v) is 5.62. The van der Waals surface area contributed by atoms with Gasteiger partial charge in [-0.1, -0.05) is 30.3 Å². The van der Waals surface area contributed by atoms with Crippen LogP contribution >= 0.6 is 11.3 Å². The number of hydrogen-bond donors (Lipinski definition) is 1. The van der Waals surface area contributed by atoms with Crippen molar-refractivity contribution in [2.24, 2.45) is 0 Å². The second kappa shape index (κ2) is 9.34. The van der Waals surface area contributed by atoms with Gasteiger partial charge < -0.3 is 14.8 Å². The van der Waals surface area contributed by atoms with E-state index < -0.39 is 12.0 Å². The van der Waals surface area contributed by atoms with Crippen molar-refractivity contribution in [2.75, 3.05) is 14.2 Å². The summed E-state index contributed by atoms with van der Waals surface area (Å²) in [4.78, 5) is 30.0. The van der Waals surface area contributed by atoms with Gasteiger partial charge in [0.25, 0.3) is 5.91 Å². The molecule has 6 nitrogen and oxygen atoms in total. The van der Waals surface area contributed by atoms with Gasteiger partial charge in [0.15, 0.2) is 0 Å². The zero-order valence-electron chi connectivity index (χ0n) is 16.5. The van der Waals surface area contributed by atoms with Gasteiger partial charge in [-0.2, -0.15) is 0 Å². The fourth-order valence-electron chi connectivity index (χ4n) is 2.87. The average Bonchev–Trinajstić information content (AvgIpc) is 3.15. The minimum absolute atomic E-state index is 0.342. The molecule has 0 spiro atoms. The number of carbonyl (C=O) groups excluding carboxylic acids is 2. The van der Waals surface area contributed by atoms with E-state index in [-0.39, 0.29) is 5.91 Å². The van der Waals surface area contributed by atoms with Crippen molar-refractivity contribution in [3.8, 4) is 16.3 Å². The smallest absolute Gasteiger partial charge is 0.328 e. The lowest BCUT2D eigenvalue weighted by atomic mass is 10.1. The molecule has 0 saturated heterocycles. The summed E-state index contributed by atoms with van der Waals surface area (Å²) in [6, 6.07) is 16.2. The fourth-order valence-corrected chi connectivity index (χ4v) is 3.85. The van der Waals surface area contributed by atoms with Gasteiger partial charge in [-0.15, -0.1) is 11.3 Å². The molecule has 0 aliphatic heterocycles. The Morgan fingerprint density at radius 3 is 2.38 bits per heavy atom. The number of aryl methyl sites for hydroxylation is 1. The van der Waals surface area contributed by atoms with E-state index in [1.807, 2.05) is 54.6 Å². The van der Waals surface area contributed by atoms with Crippen LogP contribution in [0, 0.1) is 6.92 Å². The molecule has 150 valence electrons. The Bertz CT molecular complexity index is 984. The Balaban J connectivity index is 1.79. The normalized spacial score (nSPS) is 11.6. The van der Waals surface area contributed by atoms with E-state index in [2.05, 4.69) is 10.3 Å². The highest BCUT2D eigenvalue weighted by Crippen LogP contribution is 2.29. The Labute approximate surface area is 173 Å². The molecule has 0 unspecified atom stereocenters. The number of esters is 1. The molecule has 29 heavy (non-hydrogen) atoms. The van der Waals surface area contributed by atoms with Gasteiger partial charge in [-0.05, 0) is 36.8 Å². The first-order valence-electron chi connectivity index (χ1n) is 9.06. The van der Waals surface area contributed by atoms with E-state index in [0.717, 1.165) is 21.9 Å². The number of aromatic nitrogens is 1. The first-order valence-corrected chi connectivity index (χ1v) is 9.88. The van der Waals surface area contributed by atoms with Crippen molar-refractivity contribution in [1.29, 1.82) is 0 Å². The molecular weight excluding hydrogens is 388 g/mol. The van der Waals surface area contributed by atoms with Crippen LogP contribution in [0.4, 0.5) is 0 Å². The molecule has 3 aromatic rings. The molecule has 1 amide bonds. The van der Waals surface area contributed by atoms with Gasteiger partial charge in [0.1, 0.15) is 21.7 Å². The maximum atomic E-state index is 12.9. The molecule has 1 heterocycles. The number of ether oxygens (including phenoxy) is 2. The van der Waals surface area contributed by atoms with Crippen LogP contribution in [0.15, 0.2) is 54.6 Å². The highest BCUT2D eigenvalue weighted by atomic mass is 32.1. The first kappa shape index (κ1) is 20.5. The van der Waals surface area contributed by atoms with Crippen molar-refractivity contribution < 1.29 is 19.1 Å². The molecule has 2 aromatic carbocycles. The summed E-state index contributed by atoms with van der Waals surface area (Å²) < 4.78 is 10.0. The number of methoxy groups -OCH3 is 2. The van der Waals surface area contributed by atoms with Crippen LogP contribution in [0.5, 0.6) is 5.75 Å². The van der Waals surface area contributed by atoms with Crippen molar-refractivity contribution >= 4 is 23.2 Å². The van der Waals surface area contributed by atoms with Crippen LogP contribution < -0.4 is 10.1 Å². The molecule has 0 fully saturated rings. The highest BCUT2D eigenvalue weighted by Gasteiger charge is 2.25. The molecule has 7 heteroatoms. The minimum Gasteiger partial charge on any atom is -0.497 e. The predicted molar refractivity (Wildman–Crippen MR) is 112 cm³/mol. The largest absolute Gasteiger partial charge is 0.497 e. The lowest BCUT2D eigenvalue weighted by molar-refractivity contribution is -0.142. The maximum absolute atomic E-state index is 12.9. The number of thiazole rings is 1. The number of benzene rings is 2. The molecule has 3 rings (SSSR count). The maximum Gasteiger partial charge on any atom is 0.328 e. The van der Waals surface area contributed by atoms with Crippen molar-refractivity contribution in [2.45, 2.75) is 19.4 Å². The van der Waals surface area contributed by atoms with Crippen LogP contribution in [-0.4, -0.2) is 37.1 Å². The average molecular weight is 410 g/mol. The van der Waals surface area contributed by atoms with Gasteiger partial charge in [-0.3, -0.25) is 4.79 Å². The van der Waals surface area contributed by atoms with Crippen LogP contribution in [-0.2, 0) is 16.0 Å². The van der Waals surface area contributed by atoms with Crippen LogP contribution in [0.25, 0.3) is 10.6 Å². The minimum atomic E-state index is -0.777. The molecule has 1 aromatic heterocycles. The number of rotatable bonds is 7. The topological polar surface area (TPSA) is 77.5 Å². The van der Waals surface area contributed by atoms with E-state index in [1.54, 1.807) is 14.0 Å². The van der Waals surface area contributed by atoms with E-state index in [0.29, 0.717) is 17.0 Å². The summed E-state index contributed by atoms with van der Waals surface area (Å²) in [5.74, 6) is -0.0762. The third-order valence-electron chi connectivity index (χ3n) is 4.41. The lowest BCUT2D eigenvalue weighted by Gasteiger charge is -2.16. The van der Waals surface area contributed by atoms with Crippen molar-refractivity contribution in [1.82, 2.24) is 10.3 Å². The molecule has 0 aliphatic rings.